The van der Waals surface area contributed by atoms with Gasteiger partial charge in [0, 0.05) is 19.3 Å². The van der Waals surface area contributed by atoms with Crippen LogP contribution < -0.4 is 0 Å². The van der Waals surface area contributed by atoms with E-state index < -0.39 is 6.10 Å². The van der Waals surface area contributed by atoms with Crippen molar-refractivity contribution in [1.82, 2.24) is 0 Å². The van der Waals surface area contributed by atoms with E-state index in [1.54, 1.807) is 0 Å². The minimum Gasteiger partial charge on any atom is -0.462 e. The van der Waals surface area contributed by atoms with Crippen LogP contribution in [0.15, 0.2) is 85.1 Å². The number of hydrogen-bond acceptors (Lipinski definition) is 6. The van der Waals surface area contributed by atoms with E-state index in [1.165, 1.54) is 70.6 Å². The lowest BCUT2D eigenvalue weighted by Crippen LogP contribution is -2.30. The Morgan fingerprint density at radius 1 is 0.362 bits per heavy atom. The number of carbonyl (C=O) groups excluding carboxylic acids is 3. The van der Waals surface area contributed by atoms with Crippen molar-refractivity contribution in [2.45, 2.75) is 213 Å². The van der Waals surface area contributed by atoms with E-state index in [-0.39, 0.29) is 37.5 Å². The third kappa shape index (κ3) is 43.7. The molecule has 0 aromatic rings. The lowest BCUT2D eigenvalue weighted by atomic mass is 10.1. The molecule has 0 spiro atoms. The van der Waals surface area contributed by atoms with Gasteiger partial charge in [-0.2, -0.15) is 0 Å². The molecule has 0 bridgehead atoms. The van der Waals surface area contributed by atoms with E-state index in [4.69, 9.17) is 14.2 Å². The zero-order valence-corrected chi connectivity index (χ0v) is 37.5. The van der Waals surface area contributed by atoms with Gasteiger partial charge >= 0.3 is 17.9 Å². The molecule has 0 rings (SSSR count). The molecule has 0 amide bonds. The maximum Gasteiger partial charge on any atom is 0.306 e. The molecule has 0 saturated heterocycles. The van der Waals surface area contributed by atoms with Crippen LogP contribution in [-0.4, -0.2) is 37.2 Å². The Morgan fingerprint density at radius 3 is 1.16 bits per heavy atom. The summed E-state index contributed by atoms with van der Waals surface area (Å²) in [5.74, 6) is -1.01. The van der Waals surface area contributed by atoms with Crippen LogP contribution in [0.2, 0.25) is 0 Å². The average molecular weight is 807 g/mol. The quantitative estimate of drug-likeness (QED) is 0.0265. The fourth-order valence-electron chi connectivity index (χ4n) is 6.11. The molecular formula is C52H86O6. The summed E-state index contributed by atoms with van der Waals surface area (Å²) in [6.07, 6.45) is 58.7. The molecule has 0 aromatic heterocycles. The van der Waals surface area contributed by atoms with Gasteiger partial charge in [-0.25, -0.2) is 0 Å². The average Bonchev–Trinajstić information content (AvgIpc) is 3.22. The monoisotopic (exact) mass is 807 g/mol. The van der Waals surface area contributed by atoms with E-state index in [0.29, 0.717) is 19.3 Å². The summed E-state index contributed by atoms with van der Waals surface area (Å²) in [6.45, 7) is 6.38. The second kappa shape index (κ2) is 46.3. The molecule has 6 heteroatoms. The number of esters is 3. The molecule has 58 heavy (non-hydrogen) atoms. The first kappa shape index (κ1) is 54.6. The lowest BCUT2D eigenvalue weighted by Gasteiger charge is -2.18. The largest absolute Gasteiger partial charge is 0.462 e. The van der Waals surface area contributed by atoms with Crippen LogP contribution in [-0.2, 0) is 28.6 Å². The molecule has 6 nitrogen and oxygen atoms in total. The molecule has 0 saturated carbocycles. The lowest BCUT2D eigenvalue weighted by molar-refractivity contribution is -0.166. The fraction of sp³-hybridized carbons (Fsp3) is 0.673. The van der Waals surface area contributed by atoms with Crippen LogP contribution in [0.4, 0.5) is 0 Å². The van der Waals surface area contributed by atoms with Crippen LogP contribution >= 0.6 is 0 Å². The number of unbranched alkanes of at least 4 members (excludes halogenated alkanes) is 16. The van der Waals surface area contributed by atoms with E-state index >= 15 is 0 Å². The maximum absolute atomic E-state index is 12.7. The Balaban J connectivity index is 4.44. The minimum absolute atomic E-state index is 0.103. The van der Waals surface area contributed by atoms with Crippen molar-refractivity contribution < 1.29 is 28.6 Å². The van der Waals surface area contributed by atoms with E-state index in [1.807, 2.05) is 12.2 Å². The molecule has 0 aromatic carbocycles. The second-order valence-corrected chi connectivity index (χ2v) is 15.3. The Labute approximate surface area is 356 Å². The summed E-state index contributed by atoms with van der Waals surface area (Å²) in [7, 11) is 0. The summed E-state index contributed by atoms with van der Waals surface area (Å²) < 4.78 is 16.6. The highest BCUT2D eigenvalue weighted by molar-refractivity contribution is 5.71. The SMILES string of the molecule is CC/C=C\C/C=C\C/C=C\C/C=C\C/C=C\C/C=C\CCC(=O)OCC(COC(=O)CCCCCCCCC)OC(=O)CCCCCCC/C=C\CCCCCCC. The normalized spacial score (nSPS) is 12.8. The molecule has 1 atom stereocenters. The van der Waals surface area contributed by atoms with Gasteiger partial charge < -0.3 is 14.2 Å². The summed E-state index contributed by atoms with van der Waals surface area (Å²) >= 11 is 0. The van der Waals surface area contributed by atoms with Crippen molar-refractivity contribution >= 4 is 17.9 Å². The van der Waals surface area contributed by atoms with E-state index in [2.05, 4.69) is 93.7 Å². The highest BCUT2D eigenvalue weighted by Crippen LogP contribution is 2.12. The summed E-state index contributed by atoms with van der Waals surface area (Å²) in [5.41, 5.74) is 0. The van der Waals surface area contributed by atoms with E-state index in [9.17, 15) is 14.4 Å². The van der Waals surface area contributed by atoms with Crippen molar-refractivity contribution in [3.8, 4) is 0 Å². The molecule has 1 unspecified atom stereocenters. The smallest absolute Gasteiger partial charge is 0.306 e. The molecule has 0 aliphatic heterocycles. The van der Waals surface area contributed by atoms with Crippen molar-refractivity contribution in [2.75, 3.05) is 13.2 Å². The highest BCUT2D eigenvalue weighted by atomic mass is 16.6. The van der Waals surface area contributed by atoms with Crippen molar-refractivity contribution in [2.24, 2.45) is 0 Å². The summed E-state index contributed by atoms with van der Waals surface area (Å²) in [5, 5.41) is 0. The van der Waals surface area contributed by atoms with Gasteiger partial charge in [-0.15, -0.1) is 0 Å². The van der Waals surface area contributed by atoms with Crippen molar-refractivity contribution in [1.29, 1.82) is 0 Å². The van der Waals surface area contributed by atoms with Gasteiger partial charge in [0.05, 0.1) is 0 Å². The predicted molar refractivity (Wildman–Crippen MR) is 247 cm³/mol. The number of ether oxygens (including phenoxy) is 3. The third-order valence-electron chi connectivity index (χ3n) is 9.65. The maximum atomic E-state index is 12.7. The Kier molecular flexibility index (Phi) is 43.6. The Hall–Kier alpha value is -3.41. The molecule has 330 valence electrons. The first-order valence-corrected chi connectivity index (χ1v) is 23.6. The Bertz CT molecular complexity index is 1160. The fourth-order valence-corrected chi connectivity index (χ4v) is 6.11. The zero-order chi connectivity index (χ0) is 42.3. The predicted octanol–water partition coefficient (Wildman–Crippen LogP) is 15.3. The van der Waals surface area contributed by atoms with Crippen LogP contribution in [0.3, 0.4) is 0 Å². The van der Waals surface area contributed by atoms with Gasteiger partial charge in [0.1, 0.15) is 13.2 Å². The van der Waals surface area contributed by atoms with Crippen molar-refractivity contribution in [3.63, 3.8) is 0 Å². The van der Waals surface area contributed by atoms with Gasteiger partial charge in [0.25, 0.3) is 0 Å². The van der Waals surface area contributed by atoms with Crippen LogP contribution in [0.25, 0.3) is 0 Å². The molecule has 0 heterocycles. The van der Waals surface area contributed by atoms with Crippen LogP contribution in [0.1, 0.15) is 207 Å². The van der Waals surface area contributed by atoms with Crippen LogP contribution in [0, 0.1) is 0 Å². The first-order valence-electron chi connectivity index (χ1n) is 23.6. The van der Waals surface area contributed by atoms with Gasteiger partial charge in [0.2, 0.25) is 0 Å². The zero-order valence-electron chi connectivity index (χ0n) is 37.5. The first-order chi connectivity index (χ1) is 28.5. The Morgan fingerprint density at radius 2 is 0.707 bits per heavy atom. The number of carbonyl (C=O) groups is 3. The molecule has 0 aliphatic carbocycles. The molecule has 0 radical (unpaired) electrons. The number of allylic oxidation sites excluding steroid dienone is 14. The van der Waals surface area contributed by atoms with Crippen molar-refractivity contribution in [3.05, 3.63) is 85.1 Å². The number of rotatable bonds is 41. The highest BCUT2D eigenvalue weighted by Gasteiger charge is 2.19. The third-order valence-corrected chi connectivity index (χ3v) is 9.65. The topological polar surface area (TPSA) is 78.9 Å². The molecule has 0 fully saturated rings. The van der Waals surface area contributed by atoms with Gasteiger partial charge in [-0.05, 0) is 83.5 Å². The van der Waals surface area contributed by atoms with Gasteiger partial charge in [-0.1, -0.05) is 189 Å². The summed E-state index contributed by atoms with van der Waals surface area (Å²) in [4.78, 5) is 37.6. The summed E-state index contributed by atoms with van der Waals surface area (Å²) in [6, 6.07) is 0. The second-order valence-electron chi connectivity index (χ2n) is 15.3. The standard InChI is InChI=1S/C52H86O6/c1-4-7-10-13-16-18-20-22-24-25-26-27-28-30-31-33-36-39-42-45-51(54)57-48-49(47-56-50(53)44-41-38-35-15-12-9-6-3)58-52(55)46-43-40-37-34-32-29-23-21-19-17-14-11-8-5-2/h7,10,16,18,21-24,26-27,30-31,36,39,49H,4-6,8-9,11-15,17,19-20,25,28-29,32-35,37-38,40-48H2,1-3H3/b10-7-,18-16-,23-21-,24-22-,27-26-,31-30-,39-36-. The molecule has 0 aliphatic rings. The van der Waals surface area contributed by atoms with Crippen LogP contribution in [0.5, 0.6) is 0 Å². The minimum atomic E-state index is -0.807. The number of hydrogen-bond donors (Lipinski definition) is 0. The molecule has 0 N–H and O–H groups in total. The van der Waals surface area contributed by atoms with E-state index in [0.717, 1.165) is 89.9 Å². The van der Waals surface area contributed by atoms with Gasteiger partial charge in [0.15, 0.2) is 6.10 Å². The van der Waals surface area contributed by atoms with Gasteiger partial charge in [-0.3, -0.25) is 14.4 Å². The molecular weight excluding hydrogens is 721 g/mol.